The third kappa shape index (κ3) is 5.47. The van der Waals surface area contributed by atoms with Gasteiger partial charge < -0.3 is 15.0 Å². The second-order valence-corrected chi connectivity index (χ2v) is 10.5. The minimum absolute atomic E-state index is 0.0735. The van der Waals surface area contributed by atoms with Gasteiger partial charge in [-0.3, -0.25) is 4.79 Å². The Balaban J connectivity index is 1.57. The Bertz CT molecular complexity index is 1200. The van der Waals surface area contributed by atoms with E-state index in [1.807, 2.05) is 6.07 Å². The summed E-state index contributed by atoms with van der Waals surface area (Å²) < 4.78 is 31.8. The van der Waals surface area contributed by atoms with Crippen LogP contribution >= 0.6 is 0 Å². The van der Waals surface area contributed by atoms with E-state index in [0.717, 1.165) is 63.9 Å². The fourth-order valence-electron chi connectivity index (χ4n) is 6.12. The van der Waals surface area contributed by atoms with Gasteiger partial charge in [0, 0.05) is 18.4 Å². The van der Waals surface area contributed by atoms with E-state index < -0.39 is 23.8 Å². The second-order valence-electron chi connectivity index (χ2n) is 10.5. The third-order valence-corrected chi connectivity index (χ3v) is 8.05. The van der Waals surface area contributed by atoms with Gasteiger partial charge in [-0.2, -0.15) is 0 Å². The van der Waals surface area contributed by atoms with Crippen LogP contribution in [0.5, 0.6) is 0 Å². The molecule has 0 radical (unpaired) electrons. The highest BCUT2D eigenvalue weighted by molar-refractivity contribution is 5.82. The Kier molecular flexibility index (Phi) is 7.99. The zero-order chi connectivity index (χ0) is 25.8. The molecule has 1 heterocycles. The molecule has 5 rings (SSSR count). The summed E-state index contributed by atoms with van der Waals surface area (Å²) in [6.45, 7) is 0. The summed E-state index contributed by atoms with van der Waals surface area (Å²) in [6, 6.07) is 10.9. The standard InChI is InChI=1S/C30H35F2N3O2/c31-24-17-16-23(28(36)21-12-6-2-7-13-21)25(26(24)32)29-33-18-19-35(29)27(20-10-4-1-5-11-20)30(37)34-22-14-8-3-9-15-22/h2,6-7,12-13,16-20,22,27-28,36H,1,3-5,8-11,14-15H2,(H,34,37). The molecule has 2 aliphatic carbocycles. The van der Waals surface area contributed by atoms with Crippen molar-refractivity contribution in [2.75, 3.05) is 0 Å². The summed E-state index contributed by atoms with van der Waals surface area (Å²) >= 11 is 0. The molecule has 1 amide bonds. The molecule has 0 bridgehead atoms. The van der Waals surface area contributed by atoms with Crippen LogP contribution in [0.2, 0.25) is 0 Å². The van der Waals surface area contributed by atoms with Crippen LogP contribution < -0.4 is 5.32 Å². The molecule has 2 saturated carbocycles. The highest BCUT2D eigenvalue weighted by atomic mass is 19.2. The number of imidazole rings is 1. The van der Waals surface area contributed by atoms with Crippen molar-refractivity contribution in [2.45, 2.75) is 82.4 Å². The number of carbonyl (C=O) groups is 1. The summed E-state index contributed by atoms with van der Waals surface area (Å²) in [6.07, 6.45) is 12.4. The molecule has 196 valence electrons. The van der Waals surface area contributed by atoms with Crippen molar-refractivity contribution in [3.63, 3.8) is 0 Å². The topological polar surface area (TPSA) is 67.2 Å². The molecule has 7 heteroatoms. The van der Waals surface area contributed by atoms with Crippen LogP contribution in [0.15, 0.2) is 54.9 Å². The summed E-state index contributed by atoms with van der Waals surface area (Å²) in [5.41, 5.74) is 0.673. The van der Waals surface area contributed by atoms with Gasteiger partial charge in [0.1, 0.15) is 18.0 Å². The number of hydrogen-bond acceptors (Lipinski definition) is 3. The van der Waals surface area contributed by atoms with Crippen molar-refractivity contribution in [1.29, 1.82) is 0 Å². The first kappa shape index (κ1) is 25.6. The van der Waals surface area contributed by atoms with Gasteiger partial charge in [-0.1, -0.05) is 74.9 Å². The maximum atomic E-state index is 15.5. The zero-order valence-corrected chi connectivity index (χ0v) is 21.1. The highest BCUT2D eigenvalue weighted by Crippen LogP contribution is 2.39. The van der Waals surface area contributed by atoms with Crippen molar-refractivity contribution in [3.8, 4) is 11.4 Å². The first-order chi connectivity index (χ1) is 18.0. The maximum Gasteiger partial charge on any atom is 0.243 e. The van der Waals surface area contributed by atoms with Crippen LogP contribution in [0.4, 0.5) is 8.78 Å². The molecular weight excluding hydrogens is 472 g/mol. The van der Waals surface area contributed by atoms with E-state index in [0.29, 0.717) is 5.56 Å². The molecule has 2 aromatic carbocycles. The molecule has 37 heavy (non-hydrogen) atoms. The van der Waals surface area contributed by atoms with E-state index in [2.05, 4.69) is 10.3 Å². The number of benzene rings is 2. The Labute approximate surface area is 216 Å². The van der Waals surface area contributed by atoms with E-state index in [-0.39, 0.29) is 34.8 Å². The quantitative estimate of drug-likeness (QED) is 0.385. The summed E-state index contributed by atoms with van der Waals surface area (Å²) in [7, 11) is 0. The monoisotopic (exact) mass is 507 g/mol. The van der Waals surface area contributed by atoms with Crippen LogP contribution in [0.3, 0.4) is 0 Å². The molecular formula is C30H35F2N3O2. The Hall–Kier alpha value is -3.06. The van der Waals surface area contributed by atoms with Crippen molar-refractivity contribution >= 4 is 5.91 Å². The summed E-state index contributed by atoms with van der Waals surface area (Å²) in [5.74, 6) is -1.94. The number of aliphatic hydroxyl groups is 1. The first-order valence-corrected chi connectivity index (χ1v) is 13.6. The summed E-state index contributed by atoms with van der Waals surface area (Å²) in [4.78, 5) is 18.2. The molecule has 2 aliphatic rings. The van der Waals surface area contributed by atoms with E-state index in [1.54, 1.807) is 35.0 Å². The molecule has 0 spiro atoms. The van der Waals surface area contributed by atoms with Gasteiger partial charge in [-0.15, -0.1) is 0 Å². The van der Waals surface area contributed by atoms with Crippen LogP contribution in [0, 0.1) is 17.6 Å². The SMILES string of the molecule is O=C(NC1CCCCC1)C(C1CCCCC1)n1ccnc1-c1c(C(O)c2ccccc2)ccc(F)c1F. The minimum Gasteiger partial charge on any atom is -0.384 e. The first-order valence-electron chi connectivity index (χ1n) is 13.6. The van der Waals surface area contributed by atoms with Crippen molar-refractivity contribution < 1.29 is 18.7 Å². The Morgan fingerprint density at radius 3 is 2.32 bits per heavy atom. The average Bonchev–Trinajstić information content (AvgIpc) is 3.40. The zero-order valence-electron chi connectivity index (χ0n) is 21.1. The van der Waals surface area contributed by atoms with Crippen molar-refractivity contribution in [1.82, 2.24) is 14.9 Å². The van der Waals surface area contributed by atoms with Crippen molar-refractivity contribution in [3.05, 3.63) is 77.6 Å². The van der Waals surface area contributed by atoms with Gasteiger partial charge >= 0.3 is 0 Å². The number of aromatic nitrogens is 2. The lowest BCUT2D eigenvalue weighted by atomic mass is 9.82. The van der Waals surface area contributed by atoms with Gasteiger partial charge in [0.15, 0.2) is 11.6 Å². The number of amides is 1. The third-order valence-electron chi connectivity index (χ3n) is 8.05. The molecule has 1 aromatic heterocycles. The molecule has 2 N–H and O–H groups in total. The number of nitrogens with zero attached hydrogens (tertiary/aromatic N) is 2. The number of nitrogens with one attached hydrogen (secondary N) is 1. The lowest BCUT2D eigenvalue weighted by Crippen LogP contribution is -2.43. The van der Waals surface area contributed by atoms with Gasteiger partial charge in [0.2, 0.25) is 5.91 Å². The predicted octanol–water partition coefficient (Wildman–Crippen LogP) is 6.48. The normalized spacial score (nSPS) is 18.9. The molecule has 2 unspecified atom stereocenters. The van der Waals surface area contributed by atoms with Gasteiger partial charge in [-0.25, -0.2) is 13.8 Å². The molecule has 0 saturated heterocycles. The van der Waals surface area contributed by atoms with Gasteiger partial charge in [0.25, 0.3) is 0 Å². The van der Waals surface area contributed by atoms with E-state index in [1.165, 1.54) is 18.7 Å². The molecule has 5 nitrogen and oxygen atoms in total. The number of carbonyl (C=O) groups excluding carboxylic acids is 1. The number of aliphatic hydroxyl groups excluding tert-OH is 1. The highest BCUT2D eigenvalue weighted by Gasteiger charge is 2.35. The lowest BCUT2D eigenvalue weighted by molar-refractivity contribution is -0.127. The predicted molar refractivity (Wildman–Crippen MR) is 139 cm³/mol. The molecule has 2 atom stereocenters. The lowest BCUT2D eigenvalue weighted by Gasteiger charge is -2.33. The molecule has 0 aliphatic heterocycles. The fraction of sp³-hybridized carbons (Fsp3) is 0.467. The molecule has 2 fully saturated rings. The fourth-order valence-corrected chi connectivity index (χ4v) is 6.12. The smallest absolute Gasteiger partial charge is 0.243 e. The van der Waals surface area contributed by atoms with Crippen LogP contribution in [-0.2, 0) is 4.79 Å². The largest absolute Gasteiger partial charge is 0.384 e. The van der Waals surface area contributed by atoms with Crippen LogP contribution in [0.25, 0.3) is 11.4 Å². The number of hydrogen-bond donors (Lipinski definition) is 2. The average molecular weight is 508 g/mol. The molecule has 3 aromatic rings. The maximum absolute atomic E-state index is 15.5. The van der Waals surface area contributed by atoms with Gasteiger partial charge in [0.05, 0.1) is 5.56 Å². The number of halogens is 2. The minimum atomic E-state index is -1.18. The van der Waals surface area contributed by atoms with Crippen LogP contribution in [-0.4, -0.2) is 26.6 Å². The summed E-state index contributed by atoms with van der Waals surface area (Å²) in [5, 5.41) is 14.5. The van der Waals surface area contributed by atoms with E-state index in [9.17, 15) is 14.3 Å². The van der Waals surface area contributed by atoms with E-state index in [4.69, 9.17) is 0 Å². The number of rotatable bonds is 7. The Morgan fingerprint density at radius 1 is 0.946 bits per heavy atom. The second kappa shape index (κ2) is 11.5. The van der Waals surface area contributed by atoms with Crippen LogP contribution in [0.1, 0.15) is 87.5 Å². The van der Waals surface area contributed by atoms with Gasteiger partial charge in [-0.05, 0) is 48.8 Å². The Morgan fingerprint density at radius 2 is 1.62 bits per heavy atom. The van der Waals surface area contributed by atoms with Crippen molar-refractivity contribution in [2.24, 2.45) is 5.92 Å². The van der Waals surface area contributed by atoms with E-state index >= 15 is 4.39 Å².